The van der Waals surface area contributed by atoms with Crippen molar-refractivity contribution < 1.29 is 0 Å². The normalized spacial score (nSPS) is 21.0. The van der Waals surface area contributed by atoms with Gasteiger partial charge in [-0.3, -0.25) is 0 Å². The summed E-state index contributed by atoms with van der Waals surface area (Å²) >= 11 is 0. The highest BCUT2D eigenvalue weighted by molar-refractivity contribution is 14.0. The van der Waals surface area contributed by atoms with E-state index in [1.165, 1.54) is 32.1 Å². The molecule has 0 aromatic carbocycles. The van der Waals surface area contributed by atoms with Crippen molar-refractivity contribution in [2.75, 3.05) is 6.54 Å². The van der Waals surface area contributed by atoms with Gasteiger partial charge in [-0.05, 0) is 25.7 Å². The van der Waals surface area contributed by atoms with Gasteiger partial charge < -0.3 is 15.2 Å². The van der Waals surface area contributed by atoms with Gasteiger partial charge >= 0.3 is 0 Å². The van der Waals surface area contributed by atoms with Crippen LogP contribution in [0.15, 0.2) is 17.6 Å². The average Bonchev–Trinajstić information content (AvgIpc) is 2.89. The molecule has 1 fully saturated rings. The smallest absolute Gasteiger partial charge is 0.192 e. The molecule has 1 aromatic rings. The molecule has 1 aliphatic rings. The van der Waals surface area contributed by atoms with Crippen molar-refractivity contribution >= 4 is 29.9 Å². The number of halogens is 1. The Labute approximate surface area is 162 Å². The first kappa shape index (κ1) is 20.9. The predicted molar refractivity (Wildman–Crippen MR) is 110 cm³/mol. The van der Waals surface area contributed by atoms with Crippen LogP contribution in [0.5, 0.6) is 0 Å². The second-order valence-corrected chi connectivity index (χ2v) is 6.34. The van der Waals surface area contributed by atoms with Crippen molar-refractivity contribution in [3.05, 3.63) is 24.3 Å². The second-order valence-electron chi connectivity index (χ2n) is 6.34. The fourth-order valence-electron chi connectivity index (χ4n) is 3.05. The average molecular weight is 446 g/mol. The van der Waals surface area contributed by atoms with Gasteiger partial charge in [-0.2, -0.15) is 0 Å². The van der Waals surface area contributed by atoms with E-state index in [1.807, 2.05) is 24.6 Å². The van der Waals surface area contributed by atoms with Crippen LogP contribution in [0, 0.1) is 12.8 Å². The molecule has 7 heteroatoms. The highest BCUT2D eigenvalue weighted by Crippen LogP contribution is 2.26. The molecule has 0 saturated heterocycles. The summed E-state index contributed by atoms with van der Waals surface area (Å²) in [6.45, 7) is 9.23. The van der Waals surface area contributed by atoms with Gasteiger partial charge in [0.05, 0.1) is 0 Å². The monoisotopic (exact) mass is 446 g/mol. The molecule has 2 atom stereocenters. The van der Waals surface area contributed by atoms with Crippen molar-refractivity contribution in [1.82, 2.24) is 25.4 Å². The van der Waals surface area contributed by atoms with Crippen LogP contribution >= 0.6 is 24.0 Å². The van der Waals surface area contributed by atoms with Gasteiger partial charge in [-0.1, -0.05) is 32.3 Å². The van der Waals surface area contributed by atoms with Crippen molar-refractivity contribution in [3.63, 3.8) is 0 Å². The number of nitrogens with one attached hydrogen (secondary N) is 2. The molecule has 1 aliphatic carbocycles. The molecule has 2 rings (SSSR count). The molecule has 1 saturated carbocycles. The van der Waals surface area contributed by atoms with Gasteiger partial charge in [0.15, 0.2) is 11.8 Å². The molecule has 6 nitrogen and oxygen atoms in total. The molecule has 136 valence electrons. The van der Waals surface area contributed by atoms with Crippen molar-refractivity contribution in [3.8, 4) is 0 Å². The first-order chi connectivity index (χ1) is 11.1. The summed E-state index contributed by atoms with van der Waals surface area (Å²) in [5.74, 6) is 3.45. The minimum Gasteiger partial charge on any atom is -0.354 e. The molecule has 2 unspecified atom stereocenters. The molecule has 0 bridgehead atoms. The number of aliphatic imine (C=N–C) groups is 1. The van der Waals surface area contributed by atoms with E-state index in [0.29, 0.717) is 19.1 Å². The maximum atomic E-state index is 4.67. The third kappa shape index (κ3) is 6.07. The number of aryl methyl sites for hydroxylation is 1. The zero-order chi connectivity index (χ0) is 16.7. The molecule has 24 heavy (non-hydrogen) atoms. The Hall–Kier alpha value is -1.12. The van der Waals surface area contributed by atoms with Crippen molar-refractivity contribution in [1.29, 1.82) is 0 Å². The fourth-order valence-corrected chi connectivity index (χ4v) is 3.05. The van der Waals surface area contributed by atoms with Crippen LogP contribution in [-0.2, 0) is 13.6 Å². The summed E-state index contributed by atoms with van der Waals surface area (Å²) < 4.78 is 1.97. The largest absolute Gasteiger partial charge is 0.354 e. The van der Waals surface area contributed by atoms with Crippen LogP contribution in [0.1, 0.15) is 50.7 Å². The molecule has 0 radical (unpaired) electrons. The van der Waals surface area contributed by atoms with Gasteiger partial charge in [0.2, 0.25) is 0 Å². The van der Waals surface area contributed by atoms with Gasteiger partial charge in [0.1, 0.15) is 12.4 Å². The number of nitrogens with zero attached hydrogens (tertiary/aromatic N) is 4. The molecule has 0 aliphatic heterocycles. The van der Waals surface area contributed by atoms with E-state index in [9.17, 15) is 0 Å². The standard InChI is InChI=1S/C17H30N6.HI/c1-5-10-18-17(19-12-16-22-21-13(3)23(16)4)20-15-9-7-8-14(6-2)11-15;/h5,14-15H,1,6-12H2,2-4H3,(H2,18,19,20);1H. The quantitative estimate of drug-likeness (QED) is 0.305. The number of aromatic nitrogens is 3. The molecule has 0 spiro atoms. The fraction of sp³-hybridized carbons (Fsp3) is 0.706. The van der Waals surface area contributed by atoms with E-state index in [4.69, 9.17) is 0 Å². The van der Waals surface area contributed by atoms with Crippen LogP contribution in [-0.4, -0.2) is 33.3 Å². The lowest BCUT2D eigenvalue weighted by Gasteiger charge is -2.30. The van der Waals surface area contributed by atoms with E-state index >= 15 is 0 Å². The van der Waals surface area contributed by atoms with Crippen LogP contribution < -0.4 is 10.6 Å². The summed E-state index contributed by atoms with van der Waals surface area (Å²) in [7, 11) is 1.97. The van der Waals surface area contributed by atoms with Crippen LogP contribution in [0.2, 0.25) is 0 Å². The number of rotatable bonds is 6. The highest BCUT2D eigenvalue weighted by atomic mass is 127. The maximum absolute atomic E-state index is 4.67. The first-order valence-corrected chi connectivity index (χ1v) is 8.64. The van der Waals surface area contributed by atoms with Crippen LogP contribution in [0.4, 0.5) is 0 Å². The SMILES string of the molecule is C=CCNC(=NCc1nnc(C)n1C)NC1CCCC(CC)C1.I. The molecule has 2 N–H and O–H groups in total. The predicted octanol–water partition coefficient (Wildman–Crippen LogP) is 2.93. The van der Waals surface area contributed by atoms with Crippen LogP contribution in [0.25, 0.3) is 0 Å². The number of hydrogen-bond acceptors (Lipinski definition) is 3. The summed E-state index contributed by atoms with van der Waals surface area (Å²) in [4.78, 5) is 4.67. The lowest BCUT2D eigenvalue weighted by molar-refractivity contribution is 0.298. The van der Waals surface area contributed by atoms with Crippen LogP contribution in [0.3, 0.4) is 0 Å². The molecule has 1 heterocycles. The zero-order valence-corrected chi connectivity index (χ0v) is 17.4. The summed E-state index contributed by atoms with van der Waals surface area (Å²) in [5, 5.41) is 15.1. The van der Waals surface area contributed by atoms with Gasteiger partial charge in [-0.25, -0.2) is 4.99 Å². The summed E-state index contributed by atoms with van der Waals surface area (Å²) in [6.07, 6.45) is 8.22. The minimum absolute atomic E-state index is 0. The Morgan fingerprint density at radius 3 is 2.83 bits per heavy atom. The lowest BCUT2D eigenvalue weighted by atomic mass is 9.84. The van der Waals surface area contributed by atoms with E-state index < -0.39 is 0 Å². The molecular weight excluding hydrogens is 415 g/mol. The Kier molecular flexibility index (Phi) is 9.31. The van der Waals surface area contributed by atoms with Crippen molar-refractivity contribution in [2.24, 2.45) is 18.0 Å². The Morgan fingerprint density at radius 1 is 1.42 bits per heavy atom. The topological polar surface area (TPSA) is 67.1 Å². The highest BCUT2D eigenvalue weighted by Gasteiger charge is 2.21. The van der Waals surface area contributed by atoms with Crippen molar-refractivity contribution in [2.45, 2.75) is 58.5 Å². The number of guanidine groups is 1. The maximum Gasteiger partial charge on any atom is 0.192 e. The summed E-state index contributed by atoms with van der Waals surface area (Å²) in [6, 6.07) is 0.506. The second kappa shape index (κ2) is 10.7. The molecule has 1 aromatic heterocycles. The third-order valence-corrected chi connectivity index (χ3v) is 4.68. The van der Waals surface area contributed by atoms with E-state index in [-0.39, 0.29) is 24.0 Å². The van der Waals surface area contributed by atoms with Gasteiger partial charge in [0, 0.05) is 19.6 Å². The minimum atomic E-state index is 0. The van der Waals surface area contributed by atoms with E-state index in [1.54, 1.807) is 0 Å². The molecular formula is C17H31IN6. The Morgan fingerprint density at radius 2 is 2.21 bits per heavy atom. The Balaban J connectivity index is 0.00000288. The Bertz CT molecular complexity index is 539. The van der Waals surface area contributed by atoms with Gasteiger partial charge in [0.25, 0.3) is 0 Å². The van der Waals surface area contributed by atoms with E-state index in [0.717, 1.165) is 23.5 Å². The summed E-state index contributed by atoms with van der Waals surface area (Å²) in [5.41, 5.74) is 0. The lowest BCUT2D eigenvalue weighted by Crippen LogP contribution is -2.45. The van der Waals surface area contributed by atoms with E-state index in [2.05, 4.69) is 39.3 Å². The number of hydrogen-bond donors (Lipinski definition) is 2. The third-order valence-electron chi connectivity index (χ3n) is 4.68. The zero-order valence-electron chi connectivity index (χ0n) is 15.1. The molecule has 0 amide bonds. The first-order valence-electron chi connectivity index (χ1n) is 8.64. The van der Waals surface area contributed by atoms with Gasteiger partial charge in [-0.15, -0.1) is 40.8 Å².